The van der Waals surface area contributed by atoms with Crippen LogP contribution in [0.1, 0.15) is 38.9 Å². The number of nitrogens with two attached hydrogens (primary N) is 1. The SMILES string of the molecule is CN/C(=C\C(=C/Cc1ccc(-c2ccc(N)cc2)cc1)c1ccc(C(c2ccccc2)(c2ccccc2)c2ccccc2)cc1)c1ccccc1. The second-order valence-electron chi connectivity index (χ2n) is 12.8. The summed E-state index contributed by atoms with van der Waals surface area (Å²) in [6.07, 6.45) is 5.40. The van der Waals surface area contributed by atoms with E-state index in [2.05, 4.69) is 199 Å². The zero-order valence-electron chi connectivity index (χ0n) is 28.9. The van der Waals surface area contributed by atoms with Crippen LogP contribution in [0.25, 0.3) is 22.4 Å². The molecule has 0 radical (unpaired) electrons. The third-order valence-corrected chi connectivity index (χ3v) is 9.68. The molecular weight excluding hydrogens is 617 g/mol. The Morgan fingerprint density at radius 3 is 1.39 bits per heavy atom. The number of allylic oxidation sites excluding steroid dienone is 3. The van der Waals surface area contributed by atoms with Crippen LogP contribution in [0, 0.1) is 0 Å². The van der Waals surface area contributed by atoms with E-state index in [1.807, 2.05) is 19.2 Å². The first-order chi connectivity index (χ1) is 25.1. The quantitative estimate of drug-likeness (QED) is 0.0825. The summed E-state index contributed by atoms with van der Waals surface area (Å²) < 4.78 is 0. The lowest BCUT2D eigenvalue weighted by Crippen LogP contribution is -2.30. The molecule has 0 aliphatic heterocycles. The van der Waals surface area contributed by atoms with Gasteiger partial charge < -0.3 is 11.1 Å². The average Bonchev–Trinajstić information content (AvgIpc) is 3.21. The standard InChI is InChI=1S/C49H42N2/c1-51-48(41-14-6-2-7-15-41)36-42(27-24-37-22-25-38(26-23-37)39-30-34-47(50)35-31-39)40-28-32-46(33-29-40)49(43-16-8-3-9-17-43,44-18-10-4-11-19-44)45-20-12-5-13-21-45/h2-23,25-36,51H,24,50H2,1H3/b42-27+,48-36-. The highest BCUT2D eigenvalue weighted by atomic mass is 14.8. The first kappa shape index (κ1) is 33.1. The molecule has 7 aromatic carbocycles. The molecule has 248 valence electrons. The number of hydrogen-bond acceptors (Lipinski definition) is 2. The maximum Gasteiger partial charge on any atom is 0.0701 e. The van der Waals surface area contributed by atoms with Crippen LogP contribution in [-0.4, -0.2) is 7.05 Å². The highest BCUT2D eigenvalue weighted by molar-refractivity contribution is 5.83. The van der Waals surface area contributed by atoms with Gasteiger partial charge >= 0.3 is 0 Å². The van der Waals surface area contributed by atoms with Crippen molar-refractivity contribution in [3.05, 3.63) is 245 Å². The van der Waals surface area contributed by atoms with Gasteiger partial charge in [-0.15, -0.1) is 0 Å². The van der Waals surface area contributed by atoms with Crippen molar-refractivity contribution in [3.63, 3.8) is 0 Å². The largest absolute Gasteiger partial charge is 0.399 e. The molecule has 0 aliphatic carbocycles. The van der Waals surface area contributed by atoms with Gasteiger partial charge in [-0.1, -0.05) is 188 Å². The van der Waals surface area contributed by atoms with Crippen LogP contribution < -0.4 is 11.1 Å². The molecule has 0 spiro atoms. The van der Waals surface area contributed by atoms with E-state index < -0.39 is 5.41 Å². The number of rotatable bonds is 11. The molecule has 0 bridgehead atoms. The van der Waals surface area contributed by atoms with Gasteiger partial charge in [-0.3, -0.25) is 0 Å². The van der Waals surface area contributed by atoms with Crippen molar-refractivity contribution in [3.8, 4) is 11.1 Å². The normalized spacial score (nSPS) is 12.0. The van der Waals surface area contributed by atoms with Gasteiger partial charge in [-0.25, -0.2) is 0 Å². The van der Waals surface area contributed by atoms with E-state index in [1.165, 1.54) is 33.4 Å². The summed E-state index contributed by atoms with van der Waals surface area (Å²) in [5, 5.41) is 3.46. The predicted molar refractivity (Wildman–Crippen MR) is 216 cm³/mol. The van der Waals surface area contributed by atoms with Gasteiger partial charge in [0, 0.05) is 18.4 Å². The maximum atomic E-state index is 5.92. The minimum Gasteiger partial charge on any atom is -0.399 e. The van der Waals surface area contributed by atoms with Crippen LogP contribution >= 0.6 is 0 Å². The summed E-state index contributed by atoms with van der Waals surface area (Å²) in [6.45, 7) is 0. The van der Waals surface area contributed by atoms with Crippen molar-refractivity contribution in [2.75, 3.05) is 12.8 Å². The smallest absolute Gasteiger partial charge is 0.0701 e. The third-order valence-electron chi connectivity index (χ3n) is 9.68. The molecule has 0 saturated carbocycles. The van der Waals surface area contributed by atoms with Crippen molar-refractivity contribution < 1.29 is 0 Å². The highest BCUT2D eigenvalue weighted by Crippen LogP contribution is 2.45. The summed E-state index contributed by atoms with van der Waals surface area (Å²) in [5.74, 6) is 0. The summed E-state index contributed by atoms with van der Waals surface area (Å²) in [6, 6.07) is 69.2. The lowest BCUT2D eigenvalue weighted by Gasteiger charge is -2.37. The Hall–Kier alpha value is -6.38. The predicted octanol–water partition coefficient (Wildman–Crippen LogP) is 11.2. The molecule has 0 unspecified atom stereocenters. The molecule has 0 aliphatic rings. The van der Waals surface area contributed by atoms with Gasteiger partial charge in [0.2, 0.25) is 0 Å². The van der Waals surface area contributed by atoms with E-state index in [4.69, 9.17) is 5.73 Å². The van der Waals surface area contributed by atoms with Gasteiger partial charge in [0.1, 0.15) is 0 Å². The van der Waals surface area contributed by atoms with E-state index >= 15 is 0 Å². The fraction of sp³-hybridized carbons (Fsp3) is 0.0612. The van der Waals surface area contributed by atoms with Gasteiger partial charge in [0.05, 0.1) is 5.41 Å². The van der Waals surface area contributed by atoms with Crippen LogP contribution in [-0.2, 0) is 11.8 Å². The van der Waals surface area contributed by atoms with Crippen molar-refractivity contribution in [2.45, 2.75) is 11.8 Å². The lowest BCUT2D eigenvalue weighted by molar-refractivity contribution is 0.745. The van der Waals surface area contributed by atoms with E-state index in [0.717, 1.165) is 40.1 Å². The zero-order chi connectivity index (χ0) is 34.9. The van der Waals surface area contributed by atoms with Crippen molar-refractivity contribution in [1.29, 1.82) is 0 Å². The first-order valence-electron chi connectivity index (χ1n) is 17.5. The Morgan fingerprint density at radius 1 is 0.490 bits per heavy atom. The second kappa shape index (κ2) is 15.4. The van der Waals surface area contributed by atoms with Gasteiger partial charge in [-0.2, -0.15) is 0 Å². The highest BCUT2D eigenvalue weighted by Gasteiger charge is 2.38. The van der Waals surface area contributed by atoms with E-state index in [0.29, 0.717) is 0 Å². The Kier molecular flexibility index (Phi) is 10.0. The minimum atomic E-state index is -0.492. The van der Waals surface area contributed by atoms with E-state index in [1.54, 1.807) is 0 Å². The Balaban J connectivity index is 1.31. The van der Waals surface area contributed by atoms with Crippen molar-refractivity contribution in [2.24, 2.45) is 0 Å². The summed E-state index contributed by atoms with van der Waals surface area (Å²) in [4.78, 5) is 0. The number of anilines is 1. The van der Waals surface area contributed by atoms with Crippen LogP contribution in [0.3, 0.4) is 0 Å². The fourth-order valence-corrected chi connectivity index (χ4v) is 7.05. The monoisotopic (exact) mass is 658 g/mol. The number of benzene rings is 7. The molecule has 2 heteroatoms. The minimum absolute atomic E-state index is 0.492. The fourth-order valence-electron chi connectivity index (χ4n) is 7.05. The van der Waals surface area contributed by atoms with Gasteiger partial charge in [0.25, 0.3) is 0 Å². The summed E-state index contributed by atoms with van der Waals surface area (Å²) in [7, 11) is 1.99. The molecule has 7 rings (SSSR count). The van der Waals surface area contributed by atoms with Crippen LogP contribution in [0.2, 0.25) is 0 Å². The van der Waals surface area contributed by atoms with Crippen LogP contribution in [0.5, 0.6) is 0 Å². The molecular formula is C49H42N2. The maximum absolute atomic E-state index is 5.92. The van der Waals surface area contributed by atoms with E-state index in [-0.39, 0.29) is 0 Å². The Labute approximate surface area is 302 Å². The summed E-state index contributed by atoms with van der Waals surface area (Å²) in [5.41, 5.74) is 19.2. The average molecular weight is 659 g/mol. The summed E-state index contributed by atoms with van der Waals surface area (Å²) >= 11 is 0. The number of nitrogen functional groups attached to an aromatic ring is 1. The Bertz CT molecular complexity index is 2100. The molecule has 51 heavy (non-hydrogen) atoms. The Morgan fingerprint density at radius 2 is 0.922 bits per heavy atom. The molecule has 0 amide bonds. The molecule has 2 nitrogen and oxygen atoms in total. The van der Waals surface area contributed by atoms with Crippen LogP contribution in [0.4, 0.5) is 5.69 Å². The number of hydrogen-bond donors (Lipinski definition) is 2. The molecule has 0 atom stereocenters. The van der Waals surface area contributed by atoms with Gasteiger partial charge in [-0.05, 0) is 80.3 Å². The second-order valence-corrected chi connectivity index (χ2v) is 12.8. The molecule has 0 heterocycles. The molecule has 7 aromatic rings. The molecule has 0 fully saturated rings. The molecule has 0 aromatic heterocycles. The zero-order valence-corrected chi connectivity index (χ0v) is 28.9. The lowest BCUT2D eigenvalue weighted by atomic mass is 9.65. The third kappa shape index (κ3) is 7.18. The van der Waals surface area contributed by atoms with E-state index in [9.17, 15) is 0 Å². The van der Waals surface area contributed by atoms with Crippen molar-refractivity contribution in [1.82, 2.24) is 5.32 Å². The molecule has 0 saturated heterocycles. The van der Waals surface area contributed by atoms with Crippen LogP contribution in [0.15, 0.2) is 206 Å². The molecule has 3 N–H and O–H groups in total. The van der Waals surface area contributed by atoms with Crippen molar-refractivity contribution >= 4 is 17.0 Å². The first-order valence-corrected chi connectivity index (χ1v) is 17.5. The van der Waals surface area contributed by atoms with Gasteiger partial charge in [0.15, 0.2) is 0 Å². The topological polar surface area (TPSA) is 38.0 Å². The number of nitrogens with one attached hydrogen (secondary N) is 1.